The molecule has 1 fully saturated rings. The molecule has 0 saturated carbocycles. The van der Waals surface area contributed by atoms with E-state index in [-0.39, 0.29) is 12.0 Å². The Balaban J connectivity index is 1.55. The Hall–Kier alpha value is -2.99. The number of nitrogens with one attached hydrogen (secondary N) is 1. The summed E-state index contributed by atoms with van der Waals surface area (Å²) in [7, 11) is 1.83. The number of carbonyl (C=O) groups is 1. The molecule has 1 aliphatic heterocycles. The molecule has 2 aromatic heterocycles. The number of aromatic nitrogens is 2. The van der Waals surface area contributed by atoms with E-state index in [9.17, 15) is 4.79 Å². The van der Waals surface area contributed by atoms with Gasteiger partial charge in [-0.2, -0.15) is 0 Å². The maximum absolute atomic E-state index is 12.9. The number of amides is 1. The molecule has 3 aromatic rings. The first-order valence-electron chi connectivity index (χ1n) is 8.65. The smallest absolute Gasteiger partial charge is 0.255 e. The molecular weight excluding hydrogens is 328 g/mol. The van der Waals surface area contributed by atoms with Crippen LogP contribution in [-0.4, -0.2) is 47.5 Å². The number of benzene rings is 1. The van der Waals surface area contributed by atoms with Gasteiger partial charge in [0.1, 0.15) is 11.9 Å². The lowest BCUT2D eigenvalue weighted by atomic mass is 10.1. The maximum Gasteiger partial charge on any atom is 0.255 e. The third kappa shape index (κ3) is 3.23. The molecule has 1 N–H and O–H groups in total. The molecule has 1 amide bonds. The van der Waals surface area contributed by atoms with Crippen LogP contribution in [-0.2, 0) is 4.74 Å². The monoisotopic (exact) mass is 348 g/mol. The summed E-state index contributed by atoms with van der Waals surface area (Å²) in [6.07, 6.45) is 1.42. The summed E-state index contributed by atoms with van der Waals surface area (Å²) in [6, 6.07) is 15.5. The van der Waals surface area contributed by atoms with Gasteiger partial charge >= 0.3 is 0 Å². The molecule has 1 saturated heterocycles. The van der Waals surface area contributed by atoms with Gasteiger partial charge in [-0.25, -0.2) is 4.98 Å². The van der Waals surface area contributed by atoms with Crippen LogP contribution in [0, 0.1) is 0 Å². The van der Waals surface area contributed by atoms with Crippen molar-refractivity contribution in [3.05, 3.63) is 66.0 Å². The minimum Gasteiger partial charge on any atom is -0.373 e. The number of nitrogens with zero attached hydrogens (tertiary/aromatic N) is 3. The van der Waals surface area contributed by atoms with Gasteiger partial charge < -0.3 is 15.0 Å². The SMILES string of the molecule is CNc1cccc([C@@H]2CN(C(=O)c3cnc4ccccc4c3)CCO2)n1. The molecule has 26 heavy (non-hydrogen) atoms. The number of rotatable bonds is 3. The van der Waals surface area contributed by atoms with Crippen molar-refractivity contribution in [2.45, 2.75) is 6.10 Å². The normalized spacial score (nSPS) is 17.3. The zero-order chi connectivity index (χ0) is 17.9. The molecule has 6 heteroatoms. The van der Waals surface area contributed by atoms with Gasteiger partial charge in [-0.15, -0.1) is 0 Å². The second-order valence-corrected chi connectivity index (χ2v) is 6.22. The van der Waals surface area contributed by atoms with Crippen LogP contribution >= 0.6 is 0 Å². The zero-order valence-corrected chi connectivity index (χ0v) is 14.6. The standard InChI is InChI=1S/C20H20N4O2/c1-21-19-8-4-7-17(23-19)18-13-24(9-10-26-18)20(25)15-11-14-5-2-3-6-16(14)22-12-15/h2-8,11-12,18H,9-10,13H2,1H3,(H,21,23)/t18-/m0/s1. The number of hydrogen-bond acceptors (Lipinski definition) is 5. The van der Waals surface area contributed by atoms with Crippen molar-refractivity contribution >= 4 is 22.6 Å². The van der Waals surface area contributed by atoms with Crippen molar-refractivity contribution in [1.82, 2.24) is 14.9 Å². The molecule has 0 unspecified atom stereocenters. The Morgan fingerprint density at radius 3 is 3.00 bits per heavy atom. The Morgan fingerprint density at radius 2 is 2.12 bits per heavy atom. The molecule has 4 rings (SSSR count). The predicted molar refractivity (Wildman–Crippen MR) is 100 cm³/mol. The number of hydrogen-bond donors (Lipinski definition) is 1. The Morgan fingerprint density at radius 1 is 1.23 bits per heavy atom. The highest BCUT2D eigenvalue weighted by molar-refractivity contribution is 5.97. The van der Waals surface area contributed by atoms with E-state index in [1.54, 1.807) is 6.20 Å². The van der Waals surface area contributed by atoms with Gasteiger partial charge in [0.05, 0.1) is 29.9 Å². The molecule has 0 bridgehead atoms. The minimum absolute atomic E-state index is 0.0266. The van der Waals surface area contributed by atoms with Gasteiger partial charge in [0.25, 0.3) is 5.91 Å². The fourth-order valence-electron chi connectivity index (χ4n) is 3.15. The lowest BCUT2D eigenvalue weighted by Crippen LogP contribution is -2.42. The number of para-hydroxylation sites is 1. The summed E-state index contributed by atoms with van der Waals surface area (Å²) < 4.78 is 5.85. The minimum atomic E-state index is -0.227. The van der Waals surface area contributed by atoms with Gasteiger partial charge in [0.15, 0.2) is 0 Å². The van der Waals surface area contributed by atoms with Crippen LogP contribution < -0.4 is 5.32 Å². The summed E-state index contributed by atoms with van der Waals surface area (Å²) in [5, 5.41) is 3.99. The van der Waals surface area contributed by atoms with Gasteiger partial charge in [0, 0.05) is 25.2 Å². The second-order valence-electron chi connectivity index (χ2n) is 6.22. The summed E-state index contributed by atoms with van der Waals surface area (Å²) in [4.78, 5) is 23.7. The summed E-state index contributed by atoms with van der Waals surface area (Å²) in [5.74, 6) is 0.759. The first-order chi connectivity index (χ1) is 12.7. The lowest BCUT2D eigenvalue weighted by molar-refractivity contribution is -0.0246. The summed E-state index contributed by atoms with van der Waals surface area (Å²) >= 11 is 0. The van der Waals surface area contributed by atoms with Crippen molar-refractivity contribution < 1.29 is 9.53 Å². The molecule has 1 aliphatic rings. The van der Waals surface area contributed by atoms with E-state index in [2.05, 4.69) is 15.3 Å². The van der Waals surface area contributed by atoms with Crippen LogP contribution in [0.1, 0.15) is 22.2 Å². The lowest BCUT2D eigenvalue weighted by Gasteiger charge is -2.32. The van der Waals surface area contributed by atoms with Crippen molar-refractivity contribution in [2.24, 2.45) is 0 Å². The molecule has 0 spiro atoms. The first-order valence-corrected chi connectivity index (χ1v) is 8.65. The molecule has 0 radical (unpaired) electrons. The second kappa shape index (κ2) is 7.09. The summed E-state index contributed by atoms with van der Waals surface area (Å²) in [6.45, 7) is 1.53. The van der Waals surface area contributed by atoms with E-state index >= 15 is 0 Å². The number of morpholine rings is 1. The van der Waals surface area contributed by atoms with E-state index in [1.807, 2.05) is 60.5 Å². The number of anilines is 1. The average Bonchev–Trinajstić information content (AvgIpc) is 2.73. The Kier molecular flexibility index (Phi) is 4.50. The van der Waals surface area contributed by atoms with Crippen LogP contribution in [0.15, 0.2) is 54.7 Å². The molecule has 3 heterocycles. The highest BCUT2D eigenvalue weighted by Gasteiger charge is 2.27. The molecular formula is C20H20N4O2. The molecule has 1 aromatic carbocycles. The fourth-order valence-corrected chi connectivity index (χ4v) is 3.15. The van der Waals surface area contributed by atoms with Gasteiger partial charge in [0.2, 0.25) is 0 Å². The molecule has 0 aliphatic carbocycles. The third-order valence-electron chi connectivity index (χ3n) is 4.55. The topological polar surface area (TPSA) is 67.4 Å². The Bertz CT molecular complexity index is 944. The largest absolute Gasteiger partial charge is 0.373 e. The Labute approximate surface area is 151 Å². The van der Waals surface area contributed by atoms with Crippen LogP contribution in [0.3, 0.4) is 0 Å². The van der Waals surface area contributed by atoms with Crippen LogP contribution in [0.25, 0.3) is 10.9 Å². The van der Waals surface area contributed by atoms with Crippen LogP contribution in [0.5, 0.6) is 0 Å². The van der Waals surface area contributed by atoms with Crippen molar-refractivity contribution in [1.29, 1.82) is 0 Å². The van der Waals surface area contributed by atoms with E-state index in [0.29, 0.717) is 25.3 Å². The van der Waals surface area contributed by atoms with Crippen molar-refractivity contribution in [3.8, 4) is 0 Å². The van der Waals surface area contributed by atoms with Gasteiger partial charge in [-0.1, -0.05) is 24.3 Å². The number of fused-ring (bicyclic) bond motifs is 1. The van der Waals surface area contributed by atoms with Crippen molar-refractivity contribution in [2.75, 3.05) is 32.1 Å². The van der Waals surface area contributed by atoms with Crippen LogP contribution in [0.2, 0.25) is 0 Å². The fraction of sp³-hybridized carbons (Fsp3) is 0.250. The summed E-state index contributed by atoms with van der Waals surface area (Å²) in [5.41, 5.74) is 2.31. The zero-order valence-electron chi connectivity index (χ0n) is 14.6. The van der Waals surface area contributed by atoms with Crippen LogP contribution in [0.4, 0.5) is 5.82 Å². The van der Waals surface area contributed by atoms with E-state index in [4.69, 9.17) is 4.74 Å². The van der Waals surface area contributed by atoms with Gasteiger partial charge in [-0.05, 0) is 24.3 Å². The maximum atomic E-state index is 12.9. The van der Waals surface area contributed by atoms with Crippen molar-refractivity contribution in [3.63, 3.8) is 0 Å². The molecule has 132 valence electrons. The van der Waals surface area contributed by atoms with E-state index < -0.39 is 0 Å². The molecule has 1 atom stereocenters. The predicted octanol–water partition coefficient (Wildman–Crippen LogP) is 2.89. The number of carbonyl (C=O) groups excluding carboxylic acids is 1. The van der Waals surface area contributed by atoms with Gasteiger partial charge in [-0.3, -0.25) is 9.78 Å². The number of pyridine rings is 2. The first kappa shape index (κ1) is 16.5. The number of ether oxygens (including phenoxy) is 1. The highest BCUT2D eigenvalue weighted by Crippen LogP contribution is 2.23. The quantitative estimate of drug-likeness (QED) is 0.788. The highest BCUT2D eigenvalue weighted by atomic mass is 16.5. The van der Waals surface area contributed by atoms with E-state index in [0.717, 1.165) is 22.4 Å². The van der Waals surface area contributed by atoms with E-state index in [1.165, 1.54) is 0 Å². The molecule has 6 nitrogen and oxygen atoms in total. The average molecular weight is 348 g/mol. The third-order valence-corrected chi connectivity index (χ3v) is 4.55.